The van der Waals surface area contributed by atoms with Crippen molar-refractivity contribution in [1.29, 1.82) is 0 Å². The molecule has 0 bridgehead atoms. The van der Waals surface area contributed by atoms with Crippen LogP contribution in [0, 0.1) is 24.0 Å². The molecule has 3 aromatic rings. The molecule has 164 valence electrons. The minimum Gasteiger partial charge on any atom is -0.489 e. The summed E-state index contributed by atoms with van der Waals surface area (Å²) in [5.41, 5.74) is 5.42. The van der Waals surface area contributed by atoms with E-state index in [1.165, 1.54) is 18.3 Å². The maximum Gasteiger partial charge on any atom is 0.317 e. The van der Waals surface area contributed by atoms with Crippen LogP contribution in [0.4, 0.5) is 5.69 Å². The molecule has 0 fully saturated rings. The lowest BCUT2D eigenvalue weighted by Crippen LogP contribution is -2.25. The Labute approximate surface area is 184 Å². The molecule has 1 aromatic heterocycles. The van der Waals surface area contributed by atoms with Crippen LogP contribution in [0.3, 0.4) is 0 Å². The van der Waals surface area contributed by atoms with E-state index in [-0.39, 0.29) is 24.9 Å². The topological polar surface area (TPSA) is 129 Å². The Bertz CT molecular complexity index is 1110. The number of nitrogens with zero attached hydrogens (tertiary/aromatic N) is 4. The van der Waals surface area contributed by atoms with Crippen LogP contribution in [0.25, 0.3) is 0 Å². The number of nitrogens with one attached hydrogen (secondary N) is 1. The number of benzene rings is 2. The first-order valence-electron chi connectivity index (χ1n) is 9.62. The average Bonchev–Trinajstić information content (AvgIpc) is 2.76. The van der Waals surface area contributed by atoms with Gasteiger partial charge in [0.1, 0.15) is 12.4 Å². The lowest BCUT2D eigenvalue weighted by atomic mass is 10.2. The molecular weight excluding hydrogens is 414 g/mol. The molecule has 0 aliphatic rings. The molecule has 0 radical (unpaired) electrons. The van der Waals surface area contributed by atoms with Crippen molar-refractivity contribution >= 4 is 17.8 Å². The smallest absolute Gasteiger partial charge is 0.317 e. The van der Waals surface area contributed by atoms with Crippen molar-refractivity contribution in [1.82, 2.24) is 15.4 Å². The summed E-state index contributed by atoms with van der Waals surface area (Å²) < 4.78 is 11.0. The SMILES string of the molecule is Cc1cc(C)nc(OCC(=O)N/N=C\c2cccc(OCc3ccc([N+](=O)[O-])cc3)c2)n1. The number of hydrogen-bond acceptors (Lipinski definition) is 8. The molecular formula is C22H21N5O5. The van der Waals surface area contributed by atoms with Gasteiger partial charge in [-0.2, -0.15) is 5.10 Å². The van der Waals surface area contributed by atoms with Gasteiger partial charge in [0.05, 0.1) is 11.1 Å². The quantitative estimate of drug-likeness (QED) is 0.311. The van der Waals surface area contributed by atoms with Crippen LogP contribution in [0.2, 0.25) is 0 Å². The zero-order valence-electron chi connectivity index (χ0n) is 17.5. The van der Waals surface area contributed by atoms with E-state index in [9.17, 15) is 14.9 Å². The standard InChI is InChI=1S/C22H21N5O5/c1-15-10-16(2)25-22(24-15)32-14-21(28)26-23-12-18-4-3-5-20(11-18)31-13-17-6-8-19(9-7-17)27(29)30/h3-12H,13-14H2,1-2H3,(H,26,28)/b23-12-. The molecule has 0 saturated carbocycles. The van der Waals surface area contributed by atoms with Gasteiger partial charge < -0.3 is 9.47 Å². The van der Waals surface area contributed by atoms with Gasteiger partial charge in [0.25, 0.3) is 11.6 Å². The van der Waals surface area contributed by atoms with Crippen molar-refractivity contribution < 1.29 is 19.2 Å². The molecule has 1 N–H and O–H groups in total. The highest BCUT2D eigenvalue weighted by atomic mass is 16.6. The monoisotopic (exact) mass is 435 g/mol. The van der Waals surface area contributed by atoms with Gasteiger partial charge in [0.15, 0.2) is 6.61 Å². The molecule has 10 heteroatoms. The van der Waals surface area contributed by atoms with Crippen LogP contribution < -0.4 is 14.9 Å². The van der Waals surface area contributed by atoms with Crippen LogP contribution in [-0.2, 0) is 11.4 Å². The number of nitro benzene ring substituents is 1. The Kier molecular flexibility index (Phi) is 7.42. The maximum atomic E-state index is 11.9. The van der Waals surface area contributed by atoms with Gasteiger partial charge in [-0.15, -0.1) is 0 Å². The summed E-state index contributed by atoms with van der Waals surface area (Å²) in [5, 5.41) is 14.6. The normalized spacial score (nSPS) is 10.7. The molecule has 0 unspecified atom stereocenters. The van der Waals surface area contributed by atoms with Gasteiger partial charge >= 0.3 is 6.01 Å². The first-order chi connectivity index (χ1) is 15.4. The summed E-state index contributed by atoms with van der Waals surface area (Å²) in [6.07, 6.45) is 1.48. The number of non-ortho nitro benzene ring substituents is 1. The van der Waals surface area contributed by atoms with Crippen LogP contribution in [-0.4, -0.2) is 33.6 Å². The van der Waals surface area contributed by atoms with Crippen LogP contribution >= 0.6 is 0 Å². The highest BCUT2D eigenvalue weighted by Crippen LogP contribution is 2.16. The second kappa shape index (κ2) is 10.6. The first kappa shape index (κ1) is 22.3. The fraction of sp³-hybridized carbons (Fsp3) is 0.182. The van der Waals surface area contributed by atoms with Gasteiger partial charge in [-0.1, -0.05) is 12.1 Å². The molecule has 0 saturated heterocycles. The first-order valence-corrected chi connectivity index (χ1v) is 9.62. The number of amides is 1. The number of hydrazone groups is 1. The third kappa shape index (κ3) is 6.87. The van der Waals surface area contributed by atoms with Crippen molar-refractivity contribution in [3.05, 3.63) is 87.2 Å². The summed E-state index contributed by atoms with van der Waals surface area (Å²) >= 11 is 0. The highest BCUT2D eigenvalue weighted by molar-refractivity contribution is 5.83. The van der Waals surface area contributed by atoms with E-state index < -0.39 is 10.8 Å². The molecule has 32 heavy (non-hydrogen) atoms. The number of nitro groups is 1. The largest absolute Gasteiger partial charge is 0.489 e. The summed E-state index contributed by atoms with van der Waals surface area (Å²) in [6.45, 7) is 3.62. The van der Waals surface area contributed by atoms with Crippen LogP contribution in [0.5, 0.6) is 11.8 Å². The zero-order chi connectivity index (χ0) is 22.9. The van der Waals surface area contributed by atoms with E-state index in [2.05, 4.69) is 20.5 Å². The molecule has 0 aliphatic heterocycles. The summed E-state index contributed by atoms with van der Waals surface area (Å²) in [5.74, 6) is 0.142. The number of hydrogen-bond donors (Lipinski definition) is 1. The van der Waals surface area contributed by atoms with Crippen molar-refractivity contribution in [2.24, 2.45) is 5.10 Å². The molecule has 0 aliphatic carbocycles. The van der Waals surface area contributed by atoms with Crippen molar-refractivity contribution in [3.63, 3.8) is 0 Å². The third-order valence-corrected chi connectivity index (χ3v) is 4.11. The van der Waals surface area contributed by atoms with E-state index in [4.69, 9.17) is 9.47 Å². The fourth-order valence-corrected chi connectivity index (χ4v) is 2.66. The van der Waals surface area contributed by atoms with E-state index >= 15 is 0 Å². The number of aryl methyl sites for hydroxylation is 2. The van der Waals surface area contributed by atoms with Crippen LogP contribution in [0.1, 0.15) is 22.5 Å². The fourth-order valence-electron chi connectivity index (χ4n) is 2.66. The molecule has 1 amide bonds. The minimum atomic E-state index is -0.449. The van der Waals surface area contributed by atoms with E-state index in [1.807, 2.05) is 13.8 Å². The Balaban J connectivity index is 1.48. The van der Waals surface area contributed by atoms with Gasteiger partial charge in [-0.05, 0) is 55.3 Å². The lowest BCUT2D eigenvalue weighted by Gasteiger charge is -2.07. The van der Waals surface area contributed by atoms with Gasteiger partial charge in [0, 0.05) is 23.5 Å². The van der Waals surface area contributed by atoms with Gasteiger partial charge in [-0.25, -0.2) is 15.4 Å². The minimum absolute atomic E-state index is 0.0286. The molecule has 2 aromatic carbocycles. The number of rotatable bonds is 9. The Morgan fingerprint density at radius 2 is 1.81 bits per heavy atom. The lowest BCUT2D eigenvalue weighted by molar-refractivity contribution is -0.384. The summed E-state index contributed by atoms with van der Waals surface area (Å²) in [7, 11) is 0. The number of carbonyl (C=O) groups is 1. The molecule has 1 heterocycles. The van der Waals surface area contributed by atoms with Crippen LogP contribution in [0.15, 0.2) is 59.7 Å². The second-order valence-corrected chi connectivity index (χ2v) is 6.80. The predicted octanol–water partition coefficient (Wildman–Crippen LogP) is 3.11. The zero-order valence-corrected chi connectivity index (χ0v) is 17.5. The highest BCUT2D eigenvalue weighted by Gasteiger charge is 2.06. The number of aromatic nitrogens is 2. The van der Waals surface area contributed by atoms with Crippen molar-refractivity contribution in [3.8, 4) is 11.8 Å². The Morgan fingerprint density at radius 3 is 2.50 bits per heavy atom. The summed E-state index contributed by atoms with van der Waals surface area (Å²) in [4.78, 5) is 30.4. The van der Waals surface area contributed by atoms with Gasteiger partial charge in [-0.3, -0.25) is 14.9 Å². The molecule has 0 atom stereocenters. The second-order valence-electron chi connectivity index (χ2n) is 6.80. The maximum absolute atomic E-state index is 11.9. The predicted molar refractivity (Wildman–Crippen MR) is 117 cm³/mol. The number of carbonyl (C=O) groups excluding carboxylic acids is 1. The van der Waals surface area contributed by atoms with E-state index in [0.717, 1.165) is 17.0 Å². The average molecular weight is 435 g/mol. The van der Waals surface area contributed by atoms with Crippen molar-refractivity contribution in [2.45, 2.75) is 20.5 Å². The van der Waals surface area contributed by atoms with E-state index in [1.54, 1.807) is 42.5 Å². The Hall–Kier alpha value is -4.34. The summed E-state index contributed by atoms with van der Waals surface area (Å²) in [6, 6.07) is 15.2. The van der Waals surface area contributed by atoms with Gasteiger partial charge in [0.2, 0.25) is 0 Å². The number of ether oxygens (including phenoxy) is 2. The van der Waals surface area contributed by atoms with Crippen molar-refractivity contribution in [2.75, 3.05) is 6.61 Å². The van der Waals surface area contributed by atoms with E-state index in [0.29, 0.717) is 11.3 Å². The Morgan fingerprint density at radius 1 is 1.09 bits per heavy atom. The molecule has 0 spiro atoms. The third-order valence-electron chi connectivity index (χ3n) is 4.11. The molecule has 10 nitrogen and oxygen atoms in total. The molecule has 3 rings (SSSR count).